The average molecular weight is 285 g/mol. The van der Waals surface area contributed by atoms with E-state index >= 15 is 0 Å². The molecule has 0 atom stereocenters. The summed E-state index contributed by atoms with van der Waals surface area (Å²) >= 11 is 0. The average Bonchev–Trinajstić information content (AvgIpc) is 1.97. The van der Waals surface area contributed by atoms with Gasteiger partial charge in [-0.1, -0.05) is 13.3 Å². The minimum atomic E-state index is 0. The fraction of sp³-hybridized carbons (Fsp3) is 0.875. The molecule has 0 unspecified atom stereocenters. The van der Waals surface area contributed by atoms with Crippen molar-refractivity contribution in [2.24, 2.45) is 4.99 Å². The summed E-state index contributed by atoms with van der Waals surface area (Å²) in [5.41, 5.74) is 0. The van der Waals surface area contributed by atoms with Gasteiger partial charge in [-0.2, -0.15) is 0 Å². The minimum absolute atomic E-state index is 0. The molecule has 0 radical (unpaired) electrons. The molecule has 74 valence electrons. The SMILES string of the molecule is CCCCNC(=NC)N(C)C.I. The first-order valence-electron chi connectivity index (χ1n) is 4.10. The summed E-state index contributed by atoms with van der Waals surface area (Å²) in [7, 11) is 5.77. The molecule has 0 heterocycles. The van der Waals surface area contributed by atoms with E-state index in [4.69, 9.17) is 0 Å². The van der Waals surface area contributed by atoms with Gasteiger partial charge in [-0.25, -0.2) is 0 Å². The van der Waals surface area contributed by atoms with Gasteiger partial charge >= 0.3 is 0 Å². The van der Waals surface area contributed by atoms with E-state index in [9.17, 15) is 0 Å². The first-order valence-corrected chi connectivity index (χ1v) is 4.10. The lowest BCUT2D eigenvalue weighted by Gasteiger charge is -2.16. The summed E-state index contributed by atoms with van der Waals surface area (Å²) < 4.78 is 0. The van der Waals surface area contributed by atoms with Crippen LogP contribution < -0.4 is 5.32 Å². The maximum absolute atomic E-state index is 4.09. The van der Waals surface area contributed by atoms with Crippen molar-refractivity contribution < 1.29 is 0 Å². The molecular formula is C8H20IN3. The van der Waals surface area contributed by atoms with Crippen LogP contribution in [0, 0.1) is 0 Å². The monoisotopic (exact) mass is 285 g/mol. The molecule has 0 spiro atoms. The van der Waals surface area contributed by atoms with Crippen molar-refractivity contribution in [1.29, 1.82) is 0 Å². The topological polar surface area (TPSA) is 27.6 Å². The van der Waals surface area contributed by atoms with Gasteiger partial charge in [0.25, 0.3) is 0 Å². The highest BCUT2D eigenvalue weighted by atomic mass is 127. The van der Waals surface area contributed by atoms with Crippen molar-refractivity contribution in [2.75, 3.05) is 27.7 Å². The van der Waals surface area contributed by atoms with Gasteiger partial charge in [0.2, 0.25) is 0 Å². The van der Waals surface area contributed by atoms with E-state index in [0.29, 0.717) is 0 Å². The molecule has 0 amide bonds. The predicted molar refractivity (Wildman–Crippen MR) is 65.4 cm³/mol. The molecule has 0 aromatic carbocycles. The number of nitrogens with one attached hydrogen (secondary N) is 1. The van der Waals surface area contributed by atoms with Gasteiger partial charge in [0.05, 0.1) is 0 Å². The van der Waals surface area contributed by atoms with E-state index in [1.54, 1.807) is 7.05 Å². The maximum Gasteiger partial charge on any atom is 0.193 e. The normalized spacial score (nSPS) is 10.5. The Bertz CT molecular complexity index is 123. The zero-order valence-corrected chi connectivity index (χ0v) is 10.8. The van der Waals surface area contributed by atoms with Crippen LogP contribution in [0.25, 0.3) is 0 Å². The lowest BCUT2D eigenvalue weighted by atomic mass is 10.3. The van der Waals surface area contributed by atoms with Crippen molar-refractivity contribution in [3.63, 3.8) is 0 Å². The van der Waals surface area contributed by atoms with Gasteiger partial charge in [-0.3, -0.25) is 4.99 Å². The molecular weight excluding hydrogens is 265 g/mol. The first-order chi connectivity index (χ1) is 5.22. The van der Waals surface area contributed by atoms with Crippen LogP contribution in [0.4, 0.5) is 0 Å². The molecule has 0 rings (SSSR count). The number of hydrogen-bond donors (Lipinski definition) is 1. The number of rotatable bonds is 3. The largest absolute Gasteiger partial charge is 0.356 e. The predicted octanol–water partition coefficient (Wildman–Crippen LogP) is 1.54. The molecule has 0 aliphatic carbocycles. The Balaban J connectivity index is 0. The third-order valence-corrected chi connectivity index (χ3v) is 1.45. The van der Waals surface area contributed by atoms with Crippen LogP contribution in [0.2, 0.25) is 0 Å². The number of hydrogen-bond acceptors (Lipinski definition) is 1. The van der Waals surface area contributed by atoms with Crippen LogP contribution in [0.3, 0.4) is 0 Å². The smallest absolute Gasteiger partial charge is 0.193 e. The van der Waals surface area contributed by atoms with Crippen molar-refractivity contribution >= 4 is 29.9 Å². The summed E-state index contributed by atoms with van der Waals surface area (Å²) in [6.45, 7) is 3.20. The maximum atomic E-state index is 4.09. The molecule has 0 saturated heterocycles. The Hall–Kier alpha value is 0. The Labute approximate surface area is 92.6 Å². The Morgan fingerprint density at radius 2 is 2.00 bits per heavy atom. The third kappa shape index (κ3) is 6.69. The molecule has 0 aliphatic rings. The molecule has 0 bridgehead atoms. The Morgan fingerprint density at radius 1 is 1.42 bits per heavy atom. The van der Waals surface area contributed by atoms with Gasteiger partial charge in [-0.15, -0.1) is 24.0 Å². The van der Waals surface area contributed by atoms with E-state index in [-0.39, 0.29) is 24.0 Å². The van der Waals surface area contributed by atoms with Crippen molar-refractivity contribution in [3.05, 3.63) is 0 Å². The van der Waals surface area contributed by atoms with Crippen LogP contribution in [-0.4, -0.2) is 38.5 Å². The Morgan fingerprint density at radius 3 is 2.33 bits per heavy atom. The lowest BCUT2D eigenvalue weighted by molar-refractivity contribution is 0.577. The highest BCUT2D eigenvalue weighted by Crippen LogP contribution is 1.84. The fourth-order valence-electron chi connectivity index (χ4n) is 0.814. The second-order valence-corrected chi connectivity index (χ2v) is 2.72. The Kier molecular flexibility index (Phi) is 11.0. The molecule has 4 heteroatoms. The van der Waals surface area contributed by atoms with Gasteiger partial charge < -0.3 is 10.2 Å². The van der Waals surface area contributed by atoms with Crippen LogP contribution in [0.1, 0.15) is 19.8 Å². The number of aliphatic imine (C=N–C) groups is 1. The molecule has 0 aliphatic heterocycles. The fourth-order valence-corrected chi connectivity index (χ4v) is 0.814. The van der Waals surface area contributed by atoms with Gasteiger partial charge in [0.1, 0.15) is 0 Å². The van der Waals surface area contributed by atoms with E-state index in [0.717, 1.165) is 12.5 Å². The minimum Gasteiger partial charge on any atom is -0.356 e. The summed E-state index contributed by atoms with van der Waals surface area (Å²) in [4.78, 5) is 6.07. The second-order valence-electron chi connectivity index (χ2n) is 2.72. The van der Waals surface area contributed by atoms with Gasteiger partial charge in [0, 0.05) is 27.7 Å². The highest BCUT2D eigenvalue weighted by Gasteiger charge is 1.96. The van der Waals surface area contributed by atoms with Gasteiger partial charge in [-0.05, 0) is 6.42 Å². The van der Waals surface area contributed by atoms with Crippen molar-refractivity contribution in [3.8, 4) is 0 Å². The lowest BCUT2D eigenvalue weighted by Crippen LogP contribution is -2.36. The van der Waals surface area contributed by atoms with Crippen LogP contribution in [0.5, 0.6) is 0 Å². The molecule has 1 N–H and O–H groups in total. The van der Waals surface area contributed by atoms with E-state index in [2.05, 4.69) is 17.2 Å². The zero-order chi connectivity index (χ0) is 8.69. The van der Waals surface area contributed by atoms with E-state index in [1.807, 2.05) is 19.0 Å². The standard InChI is InChI=1S/C8H19N3.HI/c1-5-6-7-10-8(9-2)11(3)4;/h5-7H2,1-4H3,(H,9,10);1H. The summed E-state index contributed by atoms with van der Waals surface area (Å²) in [6, 6.07) is 0. The molecule has 0 saturated carbocycles. The quantitative estimate of drug-likeness (QED) is 0.369. The van der Waals surface area contributed by atoms with Crippen LogP contribution in [0.15, 0.2) is 4.99 Å². The zero-order valence-electron chi connectivity index (χ0n) is 8.42. The molecule has 0 aromatic rings. The van der Waals surface area contributed by atoms with E-state index in [1.165, 1.54) is 12.8 Å². The number of guanidine groups is 1. The summed E-state index contributed by atoms with van der Waals surface area (Å²) in [6.07, 6.45) is 2.42. The van der Waals surface area contributed by atoms with Crippen molar-refractivity contribution in [2.45, 2.75) is 19.8 Å². The molecule has 0 aromatic heterocycles. The summed E-state index contributed by atoms with van der Waals surface area (Å²) in [5.74, 6) is 0.957. The number of unbranched alkanes of at least 4 members (excludes halogenated alkanes) is 1. The molecule has 3 nitrogen and oxygen atoms in total. The van der Waals surface area contributed by atoms with E-state index < -0.39 is 0 Å². The molecule has 12 heavy (non-hydrogen) atoms. The number of halogens is 1. The summed E-state index contributed by atoms with van der Waals surface area (Å²) in [5, 5.41) is 3.25. The van der Waals surface area contributed by atoms with Gasteiger partial charge in [0.15, 0.2) is 5.96 Å². The highest BCUT2D eigenvalue weighted by molar-refractivity contribution is 14.0. The second kappa shape index (κ2) is 9.09. The first kappa shape index (κ1) is 14.5. The number of nitrogens with zero attached hydrogens (tertiary/aromatic N) is 2. The third-order valence-electron chi connectivity index (χ3n) is 1.45. The van der Waals surface area contributed by atoms with Crippen LogP contribution in [-0.2, 0) is 0 Å². The van der Waals surface area contributed by atoms with Crippen molar-refractivity contribution in [1.82, 2.24) is 10.2 Å². The van der Waals surface area contributed by atoms with Crippen LogP contribution >= 0.6 is 24.0 Å². The molecule has 0 fully saturated rings.